The fourth-order valence-electron chi connectivity index (χ4n) is 3.17. The Bertz CT molecular complexity index is 1100. The number of rotatable bonds is 5. The predicted octanol–water partition coefficient (Wildman–Crippen LogP) is 5.57. The Labute approximate surface area is 162 Å². The van der Waals surface area contributed by atoms with E-state index < -0.39 is 5.82 Å². The van der Waals surface area contributed by atoms with Gasteiger partial charge in [0.1, 0.15) is 11.3 Å². The molecule has 4 rings (SSSR count). The second kappa shape index (κ2) is 7.64. The number of anilines is 1. The van der Waals surface area contributed by atoms with Gasteiger partial charge in [0.25, 0.3) is 0 Å². The standard InChI is InChI=1S/C23H19FN2O2/c1-2-21(27)25-18-13-12-17(24)22(16(18)14-15-8-4-3-5-9-15)23-26-19-10-6-7-11-20(19)28-23/h3-13H,2,14H2,1H3,(H,25,27). The monoisotopic (exact) mass is 374 g/mol. The quantitative estimate of drug-likeness (QED) is 0.497. The Hall–Kier alpha value is -3.47. The van der Waals surface area contributed by atoms with Gasteiger partial charge in [-0.2, -0.15) is 0 Å². The van der Waals surface area contributed by atoms with Crippen LogP contribution in [-0.4, -0.2) is 10.9 Å². The third-order valence-corrected chi connectivity index (χ3v) is 4.59. The third-order valence-electron chi connectivity index (χ3n) is 4.59. The molecule has 3 aromatic carbocycles. The van der Waals surface area contributed by atoms with Crippen LogP contribution in [0.15, 0.2) is 71.1 Å². The number of nitrogens with one attached hydrogen (secondary N) is 1. The first kappa shape index (κ1) is 17.9. The average Bonchev–Trinajstić information content (AvgIpc) is 3.14. The number of oxazole rings is 1. The number of amides is 1. The summed E-state index contributed by atoms with van der Waals surface area (Å²) in [5.74, 6) is -0.367. The van der Waals surface area contributed by atoms with E-state index in [1.165, 1.54) is 6.07 Å². The van der Waals surface area contributed by atoms with E-state index in [-0.39, 0.29) is 17.4 Å². The van der Waals surface area contributed by atoms with Gasteiger partial charge in [-0.1, -0.05) is 49.4 Å². The molecular weight excluding hydrogens is 355 g/mol. The van der Waals surface area contributed by atoms with Crippen molar-refractivity contribution in [1.29, 1.82) is 0 Å². The fraction of sp³-hybridized carbons (Fsp3) is 0.130. The highest BCUT2D eigenvalue weighted by atomic mass is 19.1. The number of benzene rings is 3. The number of halogens is 1. The second-order valence-electron chi connectivity index (χ2n) is 6.50. The van der Waals surface area contributed by atoms with Crippen LogP contribution in [0.4, 0.5) is 10.1 Å². The van der Waals surface area contributed by atoms with Crippen LogP contribution < -0.4 is 5.32 Å². The van der Waals surface area contributed by atoms with Gasteiger partial charge < -0.3 is 9.73 Å². The Balaban J connectivity index is 1.90. The highest BCUT2D eigenvalue weighted by molar-refractivity contribution is 5.93. The largest absolute Gasteiger partial charge is 0.436 e. The van der Waals surface area contributed by atoms with Crippen LogP contribution in [0.1, 0.15) is 24.5 Å². The minimum atomic E-state index is -0.438. The lowest BCUT2D eigenvalue weighted by Gasteiger charge is -2.15. The number of hydrogen-bond donors (Lipinski definition) is 1. The zero-order valence-electron chi connectivity index (χ0n) is 15.4. The fourth-order valence-corrected chi connectivity index (χ4v) is 3.17. The zero-order valence-corrected chi connectivity index (χ0v) is 15.4. The molecule has 0 saturated heterocycles. The molecule has 0 unspecified atom stereocenters. The summed E-state index contributed by atoms with van der Waals surface area (Å²) in [6.45, 7) is 1.78. The summed E-state index contributed by atoms with van der Waals surface area (Å²) in [6.07, 6.45) is 0.770. The van der Waals surface area contributed by atoms with Crippen molar-refractivity contribution >= 4 is 22.7 Å². The van der Waals surface area contributed by atoms with E-state index in [4.69, 9.17) is 4.42 Å². The molecule has 4 nitrogen and oxygen atoms in total. The molecule has 0 aliphatic carbocycles. The van der Waals surface area contributed by atoms with Crippen molar-refractivity contribution in [2.24, 2.45) is 0 Å². The molecule has 1 heterocycles. The highest BCUT2D eigenvalue weighted by Gasteiger charge is 2.21. The molecule has 0 radical (unpaired) electrons. The topological polar surface area (TPSA) is 55.1 Å². The summed E-state index contributed by atoms with van der Waals surface area (Å²) in [4.78, 5) is 16.5. The summed E-state index contributed by atoms with van der Waals surface area (Å²) in [7, 11) is 0. The van der Waals surface area contributed by atoms with Gasteiger partial charge in [-0.25, -0.2) is 9.37 Å². The molecule has 0 fully saturated rings. The smallest absolute Gasteiger partial charge is 0.230 e. The lowest BCUT2D eigenvalue weighted by Crippen LogP contribution is -2.12. The maximum Gasteiger partial charge on any atom is 0.230 e. The first-order valence-electron chi connectivity index (χ1n) is 9.17. The van der Waals surface area contributed by atoms with Crippen LogP contribution in [-0.2, 0) is 11.2 Å². The van der Waals surface area contributed by atoms with Gasteiger partial charge in [0.2, 0.25) is 11.8 Å². The summed E-state index contributed by atoms with van der Waals surface area (Å²) < 4.78 is 20.8. The lowest BCUT2D eigenvalue weighted by atomic mass is 9.97. The molecule has 1 aromatic heterocycles. The van der Waals surface area contributed by atoms with E-state index in [0.29, 0.717) is 35.2 Å². The summed E-state index contributed by atoms with van der Waals surface area (Å²) in [6, 6.07) is 20.0. The molecule has 4 aromatic rings. The predicted molar refractivity (Wildman–Crippen MR) is 108 cm³/mol. The maximum absolute atomic E-state index is 15.0. The van der Waals surface area contributed by atoms with Crippen molar-refractivity contribution < 1.29 is 13.6 Å². The average molecular weight is 374 g/mol. The first-order chi connectivity index (χ1) is 13.7. The molecule has 0 saturated carbocycles. The van der Waals surface area contributed by atoms with E-state index in [0.717, 1.165) is 5.56 Å². The highest BCUT2D eigenvalue weighted by Crippen LogP contribution is 2.35. The summed E-state index contributed by atoms with van der Waals surface area (Å²) in [5.41, 5.74) is 3.72. The van der Waals surface area contributed by atoms with Crippen LogP contribution >= 0.6 is 0 Å². The molecule has 0 aliphatic heterocycles. The van der Waals surface area contributed by atoms with Crippen LogP contribution in [0.25, 0.3) is 22.6 Å². The molecule has 0 atom stereocenters. The number of para-hydroxylation sites is 2. The maximum atomic E-state index is 15.0. The molecule has 28 heavy (non-hydrogen) atoms. The second-order valence-corrected chi connectivity index (χ2v) is 6.50. The van der Waals surface area contributed by atoms with Gasteiger partial charge in [0, 0.05) is 18.5 Å². The Morgan fingerprint density at radius 1 is 1.04 bits per heavy atom. The van der Waals surface area contributed by atoms with Gasteiger partial charge in [0.05, 0.1) is 5.56 Å². The van der Waals surface area contributed by atoms with Gasteiger partial charge in [-0.05, 0) is 35.4 Å². The number of hydrogen-bond acceptors (Lipinski definition) is 3. The lowest BCUT2D eigenvalue weighted by molar-refractivity contribution is -0.115. The first-order valence-corrected chi connectivity index (χ1v) is 9.17. The Kier molecular flexibility index (Phi) is 4.89. The SMILES string of the molecule is CCC(=O)Nc1ccc(F)c(-c2nc3ccccc3o2)c1Cc1ccccc1. The van der Waals surface area contributed by atoms with Crippen LogP contribution in [0.5, 0.6) is 0 Å². The van der Waals surface area contributed by atoms with Gasteiger partial charge in [-0.3, -0.25) is 4.79 Å². The Morgan fingerprint density at radius 2 is 1.79 bits per heavy atom. The summed E-state index contributed by atoms with van der Waals surface area (Å²) in [5, 5.41) is 2.88. The molecular formula is C23H19FN2O2. The van der Waals surface area contributed by atoms with E-state index in [1.54, 1.807) is 19.1 Å². The van der Waals surface area contributed by atoms with Crippen LogP contribution in [0, 0.1) is 5.82 Å². The number of aromatic nitrogens is 1. The molecule has 1 amide bonds. The normalized spacial score (nSPS) is 10.9. The van der Waals surface area contributed by atoms with Crippen LogP contribution in [0.2, 0.25) is 0 Å². The van der Waals surface area contributed by atoms with Crippen molar-refractivity contribution in [3.8, 4) is 11.5 Å². The van der Waals surface area contributed by atoms with Gasteiger partial charge in [-0.15, -0.1) is 0 Å². The van der Waals surface area contributed by atoms with Crippen molar-refractivity contribution in [1.82, 2.24) is 4.98 Å². The molecule has 1 N–H and O–H groups in total. The number of carbonyl (C=O) groups is 1. The van der Waals surface area contributed by atoms with E-state index in [2.05, 4.69) is 10.3 Å². The minimum Gasteiger partial charge on any atom is -0.436 e. The molecule has 0 spiro atoms. The molecule has 5 heteroatoms. The number of carbonyl (C=O) groups excluding carboxylic acids is 1. The molecule has 0 aliphatic rings. The third kappa shape index (κ3) is 3.51. The van der Waals surface area contributed by atoms with Gasteiger partial charge in [0.15, 0.2) is 5.58 Å². The summed E-state index contributed by atoms with van der Waals surface area (Å²) >= 11 is 0. The van der Waals surface area contributed by atoms with E-state index >= 15 is 0 Å². The number of nitrogens with zero attached hydrogens (tertiary/aromatic N) is 1. The molecule has 140 valence electrons. The van der Waals surface area contributed by atoms with Crippen LogP contribution in [0.3, 0.4) is 0 Å². The Morgan fingerprint density at radius 3 is 2.54 bits per heavy atom. The van der Waals surface area contributed by atoms with Crippen molar-refractivity contribution in [3.63, 3.8) is 0 Å². The zero-order chi connectivity index (χ0) is 19.5. The molecule has 0 bridgehead atoms. The van der Waals surface area contributed by atoms with Crippen molar-refractivity contribution in [2.45, 2.75) is 19.8 Å². The van der Waals surface area contributed by atoms with E-state index in [9.17, 15) is 9.18 Å². The number of fused-ring (bicyclic) bond motifs is 1. The van der Waals surface area contributed by atoms with Gasteiger partial charge >= 0.3 is 0 Å². The van der Waals surface area contributed by atoms with Crippen molar-refractivity contribution in [3.05, 3.63) is 83.7 Å². The van der Waals surface area contributed by atoms with E-state index in [1.807, 2.05) is 48.5 Å². The van der Waals surface area contributed by atoms with Crippen molar-refractivity contribution in [2.75, 3.05) is 5.32 Å². The minimum absolute atomic E-state index is 0.135.